The highest BCUT2D eigenvalue weighted by molar-refractivity contribution is 7.99. The maximum Gasteiger partial charge on any atom is 0.414 e. The highest BCUT2D eigenvalue weighted by atomic mass is 32.2. The Morgan fingerprint density at radius 2 is 1.71 bits per heavy atom. The number of carboxylic acids is 2. The number of carboxylic acid groups (broad SMARTS) is 2. The van der Waals surface area contributed by atoms with Crippen molar-refractivity contribution in [1.29, 1.82) is 0 Å². The van der Waals surface area contributed by atoms with Gasteiger partial charge in [0, 0.05) is 24.9 Å². The number of amides is 1. The topological polar surface area (TPSA) is 142 Å². The van der Waals surface area contributed by atoms with Crippen LogP contribution in [0.4, 0.5) is 5.69 Å². The lowest BCUT2D eigenvalue weighted by molar-refractivity contribution is -0.159. The van der Waals surface area contributed by atoms with Crippen molar-refractivity contribution in [1.82, 2.24) is 5.32 Å². The third-order valence-electron chi connectivity index (χ3n) is 4.95. The first-order chi connectivity index (χ1) is 16.6. The number of carbonyl (C=O) groups is 4. The number of thioether (sulfide) groups is 1. The molecule has 0 radical (unpaired) electrons. The van der Waals surface area contributed by atoms with Crippen LogP contribution in [0.25, 0.3) is 0 Å². The van der Waals surface area contributed by atoms with E-state index in [1.165, 1.54) is 6.92 Å². The molecule has 2 aromatic carbocycles. The molecular weight excluding hydrogens is 476 g/mol. The Labute approximate surface area is 207 Å². The smallest absolute Gasteiger partial charge is 0.414 e. The van der Waals surface area contributed by atoms with Gasteiger partial charge in [0.15, 0.2) is 6.10 Å². The zero-order chi connectivity index (χ0) is 26.1. The Bertz CT molecular complexity index is 1060. The summed E-state index contributed by atoms with van der Waals surface area (Å²) in [6.45, 7) is 4.48. The van der Waals surface area contributed by atoms with E-state index < -0.39 is 24.0 Å². The largest absolute Gasteiger partial charge is 0.497 e. The minimum absolute atomic E-state index is 0.216. The number of nitrogens with one attached hydrogen (secondary N) is 1. The molecule has 0 fully saturated rings. The Balaban J connectivity index is 0.000000641. The summed E-state index contributed by atoms with van der Waals surface area (Å²) in [4.78, 5) is 46.3. The van der Waals surface area contributed by atoms with Gasteiger partial charge in [-0.25, -0.2) is 9.59 Å². The van der Waals surface area contributed by atoms with Crippen LogP contribution >= 0.6 is 11.8 Å². The summed E-state index contributed by atoms with van der Waals surface area (Å²) < 4.78 is 10.8. The van der Waals surface area contributed by atoms with Gasteiger partial charge in [0.05, 0.1) is 18.0 Å². The van der Waals surface area contributed by atoms with Crippen molar-refractivity contribution < 1.29 is 38.9 Å². The van der Waals surface area contributed by atoms with Crippen molar-refractivity contribution in [3.8, 4) is 5.75 Å². The van der Waals surface area contributed by atoms with Crippen molar-refractivity contribution in [2.24, 2.45) is 0 Å². The van der Waals surface area contributed by atoms with Crippen LogP contribution in [0.5, 0.6) is 5.75 Å². The van der Waals surface area contributed by atoms with Crippen LogP contribution in [-0.4, -0.2) is 67.4 Å². The van der Waals surface area contributed by atoms with Gasteiger partial charge in [-0.15, -0.1) is 11.8 Å². The molecule has 0 aromatic heterocycles. The van der Waals surface area contributed by atoms with Crippen LogP contribution in [0.3, 0.4) is 0 Å². The molecule has 3 N–H and O–H groups in total. The number of rotatable bonds is 6. The number of benzene rings is 2. The summed E-state index contributed by atoms with van der Waals surface area (Å²) in [5, 5.41) is 17.5. The second-order valence-electron chi connectivity index (χ2n) is 7.52. The number of esters is 1. The van der Waals surface area contributed by atoms with Gasteiger partial charge in [-0.2, -0.15) is 0 Å². The fourth-order valence-corrected chi connectivity index (χ4v) is 4.74. The monoisotopic (exact) mass is 504 g/mol. The number of aryl methyl sites for hydroxylation is 1. The standard InChI is InChI=1S/C22H26N2O4S.C2H2O4/c1-14-5-10-18-19(13-14)29-21(16-6-8-17(27-4)9-7-16)20(28-15(2)25)22(26)24(18)12-11-23-3;3-1(4)2(5)6/h5-10,13,20-21,23H,11-12H2,1-4H3;(H,3,4)(H,5,6)/t20-,21+;/m0./s1. The normalized spacial score (nSPS) is 16.8. The number of nitrogens with zero attached hydrogens (tertiary/aromatic N) is 1. The molecule has 1 aliphatic heterocycles. The van der Waals surface area contributed by atoms with E-state index in [4.69, 9.17) is 29.3 Å². The van der Waals surface area contributed by atoms with E-state index in [-0.39, 0.29) is 11.2 Å². The van der Waals surface area contributed by atoms with E-state index in [0.29, 0.717) is 13.1 Å². The molecule has 1 amide bonds. The molecule has 0 unspecified atom stereocenters. The number of hydrogen-bond acceptors (Lipinski definition) is 8. The van der Waals surface area contributed by atoms with Crippen molar-refractivity contribution in [2.45, 2.75) is 30.1 Å². The minimum Gasteiger partial charge on any atom is -0.497 e. The molecular formula is C24H28N2O8S. The van der Waals surface area contributed by atoms with E-state index in [1.54, 1.807) is 23.8 Å². The summed E-state index contributed by atoms with van der Waals surface area (Å²) >= 11 is 1.55. The number of likely N-dealkylation sites (N-methyl/N-ethyl adjacent to an activating group) is 1. The Morgan fingerprint density at radius 3 is 2.23 bits per heavy atom. The number of carbonyl (C=O) groups excluding carboxylic acids is 2. The summed E-state index contributed by atoms with van der Waals surface area (Å²) in [5.41, 5.74) is 2.85. The van der Waals surface area contributed by atoms with Crippen LogP contribution in [0.15, 0.2) is 47.4 Å². The van der Waals surface area contributed by atoms with Crippen molar-refractivity contribution >= 4 is 41.3 Å². The van der Waals surface area contributed by atoms with Gasteiger partial charge in [0.1, 0.15) is 5.75 Å². The highest BCUT2D eigenvalue weighted by Crippen LogP contribution is 2.47. The van der Waals surface area contributed by atoms with Crippen LogP contribution in [0, 0.1) is 6.92 Å². The quantitative estimate of drug-likeness (QED) is 0.397. The fourth-order valence-electron chi connectivity index (χ4n) is 3.32. The molecule has 3 rings (SSSR count). The van der Waals surface area contributed by atoms with Crippen molar-refractivity contribution in [2.75, 3.05) is 32.1 Å². The molecule has 1 heterocycles. The SMILES string of the molecule is CNCCN1C(=O)[C@@H](OC(C)=O)[C@@H](c2ccc(OC)cc2)Sc2cc(C)ccc21.O=C(O)C(=O)O. The van der Waals surface area contributed by atoms with E-state index in [1.807, 2.05) is 50.4 Å². The third-order valence-corrected chi connectivity index (χ3v) is 6.30. The fraction of sp³-hybridized carbons (Fsp3) is 0.333. The predicted molar refractivity (Wildman–Crippen MR) is 130 cm³/mol. The Kier molecular flexibility index (Phi) is 10.1. The van der Waals surface area contributed by atoms with E-state index >= 15 is 0 Å². The van der Waals surface area contributed by atoms with Gasteiger partial charge < -0.3 is 29.9 Å². The molecule has 0 bridgehead atoms. The summed E-state index contributed by atoms with van der Waals surface area (Å²) in [6, 6.07) is 13.6. The van der Waals surface area contributed by atoms with E-state index in [2.05, 4.69) is 11.4 Å². The molecule has 10 nitrogen and oxygen atoms in total. The summed E-state index contributed by atoms with van der Waals surface area (Å²) in [5.74, 6) is -3.61. The zero-order valence-electron chi connectivity index (χ0n) is 19.8. The molecule has 0 aliphatic carbocycles. The number of fused-ring (bicyclic) bond motifs is 1. The minimum atomic E-state index is -1.82. The van der Waals surface area contributed by atoms with Crippen molar-refractivity contribution in [3.63, 3.8) is 0 Å². The molecule has 2 aromatic rings. The summed E-state index contributed by atoms with van der Waals surface area (Å²) in [6.07, 6.45) is -0.921. The molecule has 188 valence electrons. The maximum atomic E-state index is 13.5. The molecule has 0 saturated carbocycles. The van der Waals surface area contributed by atoms with Crippen LogP contribution in [-0.2, 0) is 23.9 Å². The molecule has 1 aliphatic rings. The number of ether oxygens (including phenoxy) is 2. The second-order valence-corrected chi connectivity index (χ2v) is 8.70. The lowest BCUT2D eigenvalue weighted by atomic mass is 10.1. The third kappa shape index (κ3) is 7.46. The average molecular weight is 505 g/mol. The van der Waals surface area contributed by atoms with Crippen LogP contribution < -0.4 is 15.0 Å². The van der Waals surface area contributed by atoms with Crippen molar-refractivity contribution in [3.05, 3.63) is 53.6 Å². The predicted octanol–water partition coefficient (Wildman–Crippen LogP) is 2.49. The van der Waals surface area contributed by atoms with Crippen LogP contribution in [0.2, 0.25) is 0 Å². The molecule has 2 atom stereocenters. The summed E-state index contributed by atoms with van der Waals surface area (Å²) in [7, 11) is 3.45. The van der Waals surface area contributed by atoms with Gasteiger partial charge in [0.25, 0.3) is 5.91 Å². The first kappa shape index (κ1) is 27.7. The molecule has 11 heteroatoms. The molecule has 0 saturated heterocycles. The Hall–Kier alpha value is -3.57. The number of methoxy groups -OCH3 is 1. The second kappa shape index (κ2) is 12.8. The highest BCUT2D eigenvalue weighted by Gasteiger charge is 2.40. The lowest BCUT2D eigenvalue weighted by Crippen LogP contribution is -2.45. The first-order valence-electron chi connectivity index (χ1n) is 10.6. The average Bonchev–Trinajstić information content (AvgIpc) is 2.92. The van der Waals surface area contributed by atoms with Gasteiger partial charge in [-0.3, -0.25) is 9.59 Å². The van der Waals surface area contributed by atoms with Gasteiger partial charge in [-0.1, -0.05) is 18.2 Å². The number of hydrogen-bond donors (Lipinski definition) is 3. The number of aliphatic carboxylic acids is 2. The number of anilines is 1. The zero-order valence-corrected chi connectivity index (χ0v) is 20.6. The van der Waals surface area contributed by atoms with E-state index in [0.717, 1.165) is 27.5 Å². The van der Waals surface area contributed by atoms with E-state index in [9.17, 15) is 9.59 Å². The first-order valence-corrected chi connectivity index (χ1v) is 11.5. The van der Waals surface area contributed by atoms with Gasteiger partial charge >= 0.3 is 17.9 Å². The lowest BCUT2D eigenvalue weighted by Gasteiger charge is -2.27. The van der Waals surface area contributed by atoms with Gasteiger partial charge in [-0.05, 0) is 49.4 Å². The molecule has 0 spiro atoms. The van der Waals surface area contributed by atoms with Crippen LogP contribution in [0.1, 0.15) is 23.3 Å². The van der Waals surface area contributed by atoms with Gasteiger partial charge in [0.2, 0.25) is 0 Å². The maximum absolute atomic E-state index is 13.5. The molecule has 35 heavy (non-hydrogen) atoms. The Morgan fingerprint density at radius 1 is 1.09 bits per heavy atom.